The third kappa shape index (κ3) is 3.71. The average molecular weight is 426 g/mol. The number of aryl methyl sites for hydroxylation is 1. The maximum absolute atomic E-state index is 13.2. The molecule has 0 aromatic carbocycles. The van der Waals surface area contributed by atoms with E-state index < -0.39 is 11.9 Å². The van der Waals surface area contributed by atoms with E-state index in [-0.39, 0.29) is 11.9 Å². The molecule has 3 aromatic rings. The van der Waals surface area contributed by atoms with Crippen molar-refractivity contribution in [1.29, 1.82) is 0 Å². The van der Waals surface area contributed by atoms with Gasteiger partial charge in [0, 0.05) is 25.5 Å². The van der Waals surface area contributed by atoms with Crippen molar-refractivity contribution in [3.63, 3.8) is 0 Å². The van der Waals surface area contributed by atoms with Crippen molar-refractivity contribution in [2.75, 3.05) is 13.1 Å². The van der Waals surface area contributed by atoms with Crippen LogP contribution in [0.5, 0.6) is 0 Å². The lowest BCUT2D eigenvalue weighted by Gasteiger charge is -2.32. The van der Waals surface area contributed by atoms with Gasteiger partial charge in [0.05, 0.1) is 16.8 Å². The van der Waals surface area contributed by atoms with E-state index in [1.54, 1.807) is 27.6 Å². The Hall–Kier alpha value is -2.55. The number of imidazole rings is 1. The largest absolute Gasteiger partial charge is 0.435 e. The number of pyridine rings is 1. The lowest BCUT2D eigenvalue weighted by Crippen LogP contribution is -2.40. The van der Waals surface area contributed by atoms with Crippen molar-refractivity contribution in [1.82, 2.24) is 24.1 Å². The Labute approximate surface area is 169 Å². The summed E-state index contributed by atoms with van der Waals surface area (Å²) in [5.74, 6) is -0.147. The smallest absolute Gasteiger partial charge is 0.337 e. The van der Waals surface area contributed by atoms with Crippen molar-refractivity contribution >= 4 is 23.2 Å². The zero-order valence-electron chi connectivity index (χ0n) is 15.7. The third-order valence-corrected chi connectivity index (χ3v) is 5.44. The normalized spacial score (nSPS) is 16.0. The molecule has 0 atom stereocenters. The van der Waals surface area contributed by atoms with Crippen molar-refractivity contribution in [2.45, 2.75) is 38.4 Å². The van der Waals surface area contributed by atoms with Crippen LogP contribution in [0.4, 0.5) is 13.2 Å². The zero-order valence-corrected chi connectivity index (χ0v) is 16.4. The molecule has 1 fully saturated rings. The van der Waals surface area contributed by atoms with Gasteiger partial charge < -0.3 is 4.90 Å². The van der Waals surface area contributed by atoms with Gasteiger partial charge in [-0.25, -0.2) is 4.98 Å². The van der Waals surface area contributed by atoms with Gasteiger partial charge in [0.15, 0.2) is 5.69 Å². The SMILES string of the molecule is CCc1nc2ccc(Cl)cn2c1C(=O)N1CCC(n2ccc(C(F)(F)F)n2)CC1. The molecule has 0 bridgehead atoms. The third-order valence-electron chi connectivity index (χ3n) is 5.22. The highest BCUT2D eigenvalue weighted by Crippen LogP contribution is 2.30. The van der Waals surface area contributed by atoms with Gasteiger partial charge >= 0.3 is 6.18 Å². The van der Waals surface area contributed by atoms with Crippen molar-refractivity contribution in [3.8, 4) is 0 Å². The summed E-state index contributed by atoms with van der Waals surface area (Å²) in [6.07, 6.45) is 0.235. The predicted octanol–water partition coefficient (Wildman–Crippen LogP) is 4.24. The van der Waals surface area contributed by atoms with Crippen LogP contribution >= 0.6 is 11.6 Å². The molecular formula is C19H19ClF3N5O. The topological polar surface area (TPSA) is 55.4 Å². The molecular weight excluding hydrogens is 407 g/mol. The van der Waals surface area contributed by atoms with E-state index in [4.69, 9.17) is 11.6 Å². The zero-order chi connectivity index (χ0) is 20.8. The molecule has 0 spiro atoms. The Morgan fingerprint density at radius 1 is 1.24 bits per heavy atom. The van der Waals surface area contributed by atoms with Crippen molar-refractivity contribution < 1.29 is 18.0 Å². The van der Waals surface area contributed by atoms with Crippen LogP contribution in [0.3, 0.4) is 0 Å². The minimum absolute atomic E-state index is 0.147. The highest BCUT2D eigenvalue weighted by molar-refractivity contribution is 6.30. The molecule has 0 aliphatic carbocycles. The number of fused-ring (bicyclic) bond motifs is 1. The number of rotatable bonds is 3. The Morgan fingerprint density at radius 2 is 1.97 bits per heavy atom. The Morgan fingerprint density at radius 3 is 2.59 bits per heavy atom. The number of piperidine rings is 1. The van der Waals surface area contributed by atoms with Crippen LogP contribution in [-0.2, 0) is 12.6 Å². The fraction of sp³-hybridized carbons (Fsp3) is 0.421. The van der Waals surface area contributed by atoms with Gasteiger partial charge in [-0.3, -0.25) is 13.9 Å². The molecule has 0 unspecified atom stereocenters. The molecule has 1 aliphatic rings. The number of alkyl halides is 3. The van der Waals surface area contributed by atoms with Gasteiger partial charge in [-0.05, 0) is 37.5 Å². The minimum Gasteiger partial charge on any atom is -0.337 e. The lowest BCUT2D eigenvalue weighted by molar-refractivity contribution is -0.141. The summed E-state index contributed by atoms with van der Waals surface area (Å²) in [6.45, 7) is 2.80. The van der Waals surface area contributed by atoms with E-state index >= 15 is 0 Å². The first kappa shape index (κ1) is 19.8. The second kappa shape index (κ2) is 7.37. The van der Waals surface area contributed by atoms with E-state index in [2.05, 4.69) is 10.1 Å². The molecule has 154 valence electrons. The lowest BCUT2D eigenvalue weighted by atomic mass is 10.0. The first-order valence-corrected chi connectivity index (χ1v) is 9.74. The number of likely N-dealkylation sites (tertiary alicyclic amines) is 1. The van der Waals surface area contributed by atoms with Crippen LogP contribution in [-0.4, -0.2) is 43.1 Å². The Balaban J connectivity index is 1.52. The second-order valence-electron chi connectivity index (χ2n) is 7.04. The summed E-state index contributed by atoms with van der Waals surface area (Å²) >= 11 is 6.09. The maximum Gasteiger partial charge on any atom is 0.435 e. The molecule has 1 saturated heterocycles. The molecule has 1 aliphatic heterocycles. The number of hydrogen-bond acceptors (Lipinski definition) is 3. The quantitative estimate of drug-likeness (QED) is 0.630. The number of carbonyl (C=O) groups excluding carboxylic acids is 1. The van der Waals surface area contributed by atoms with Crippen LogP contribution < -0.4 is 0 Å². The summed E-state index contributed by atoms with van der Waals surface area (Å²) in [4.78, 5) is 19.4. The van der Waals surface area contributed by atoms with Gasteiger partial charge in [0.2, 0.25) is 0 Å². The molecule has 0 saturated carbocycles. The molecule has 0 radical (unpaired) electrons. The highest BCUT2D eigenvalue weighted by atomic mass is 35.5. The van der Waals surface area contributed by atoms with E-state index in [0.717, 1.165) is 6.07 Å². The second-order valence-corrected chi connectivity index (χ2v) is 7.47. The van der Waals surface area contributed by atoms with E-state index in [9.17, 15) is 18.0 Å². The van der Waals surface area contributed by atoms with Crippen LogP contribution in [0.15, 0.2) is 30.6 Å². The van der Waals surface area contributed by atoms with Gasteiger partial charge in [-0.1, -0.05) is 18.5 Å². The first-order chi connectivity index (χ1) is 13.8. The van der Waals surface area contributed by atoms with E-state index in [1.165, 1.54) is 10.9 Å². The standard InChI is InChI=1S/C19H19ClF3N5O/c1-2-14-17(27-11-12(20)3-4-16(27)24-14)18(29)26-8-5-13(6-9-26)28-10-7-15(25-28)19(21,22)23/h3-4,7,10-11,13H,2,5-6,8-9H2,1H3. The summed E-state index contributed by atoms with van der Waals surface area (Å²) in [6, 6.07) is 4.30. The molecule has 0 N–H and O–H groups in total. The number of carbonyl (C=O) groups is 1. The molecule has 4 rings (SSSR count). The first-order valence-electron chi connectivity index (χ1n) is 9.36. The molecule has 1 amide bonds. The van der Waals surface area contributed by atoms with Crippen LogP contribution in [0.2, 0.25) is 5.02 Å². The Bertz CT molecular complexity index is 1050. The van der Waals surface area contributed by atoms with Crippen LogP contribution in [0.25, 0.3) is 5.65 Å². The monoisotopic (exact) mass is 425 g/mol. The Kier molecular flexibility index (Phi) is 5.02. The van der Waals surface area contributed by atoms with Gasteiger partial charge in [0.25, 0.3) is 5.91 Å². The summed E-state index contributed by atoms with van der Waals surface area (Å²) in [5.41, 5.74) is 0.940. The van der Waals surface area contributed by atoms with Gasteiger partial charge in [-0.2, -0.15) is 18.3 Å². The number of nitrogens with zero attached hydrogens (tertiary/aromatic N) is 5. The molecule has 29 heavy (non-hydrogen) atoms. The number of aromatic nitrogens is 4. The summed E-state index contributed by atoms with van der Waals surface area (Å²) in [7, 11) is 0. The van der Waals surface area contributed by atoms with Gasteiger partial charge in [0.1, 0.15) is 11.3 Å². The fourth-order valence-corrected chi connectivity index (χ4v) is 3.88. The molecule has 10 heteroatoms. The number of hydrogen-bond donors (Lipinski definition) is 0. The molecule has 6 nitrogen and oxygen atoms in total. The predicted molar refractivity (Wildman–Crippen MR) is 101 cm³/mol. The van der Waals surface area contributed by atoms with E-state index in [0.29, 0.717) is 54.4 Å². The fourth-order valence-electron chi connectivity index (χ4n) is 3.72. The number of halogens is 4. The number of amides is 1. The van der Waals surface area contributed by atoms with E-state index in [1.807, 2.05) is 6.92 Å². The maximum atomic E-state index is 13.2. The molecule has 3 aromatic heterocycles. The van der Waals surface area contributed by atoms with Crippen LogP contribution in [0, 0.1) is 0 Å². The van der Waals surface area contributed by atoms with Crippen LogP contribution in [0.1, 0.15) is 47.7 Å². The average Bonchev–Trinajstić information content (AvgIpc) is 3.32. The minimum atomic E-state index is -4.46. The van der Waals surface area contributed by atoms with Crippen molar-refractivity contribution in [3.05, 3.63) is 52.7 Å². The summed E-state index contributed by atoms with van der Waals surface area (Å²) < 4.78 is 41.4. The summed E-state index contributed by atoms with van der Waals surface area (Å²) in [5, 5.41) is 4.17. The molecule has 4 heterocycles. The highest BCUT2D eigenvalue weighted by Gasteiger charge is 2.35. The van der Waals surface area contributed by atoms with Crippen molar-refractivity contribution in [2.24, 2.45) is 0 Å². The van der Waals surface area contributed by atoms with Gasteiger partial charge in [-0.15, -0.1) is 0 Å².